The fourth-order valence-electron chi connectivity index (χ4n) is 2.12. The predicted octanol–water partition coefficient (Wildman–Crippen LogP) is 2.55. The normalized spacial score (nSPS) is 12.8. The molecule has 0 spiro atoms. The van der Waals surface area contributed by atoms with Crippen molar-refractivity contribution in [2.75, 3.05) is 0 Å². The Morgan fingerprint density at radius 2 is 2.12 bits per heavy atom. The van der Waals surface area contributed by atoms with E-state index in [1.807, 2.05) is 23.6 Å². The molecule has 4 heteroatoms. The fraction of sp³-hybridized carbons (Fsp3) is 0.308. The number of aryl methyl sites for hydroxylation is 1. The molecule has 90 valence electrons. The molecule has 0 aliphatic heterocycles. The molecule has 2 rings (SSSR count). The molecule has 17 heavy (non-hydrogen) atoms. The molecule has 1 aromatic carbocycles. The van der Waals surface area contributed by atoms with Crippen LogP contribution in [0, 0.1) is 0 Å². The second kappa shape index (κ2) is 4.13. The van der Waals surface area contributed by atoms with E-state index in [1.54, 1.807) is 19.1 Å². The van der Waals surface area contributed by atoms with Crippen molar-refractivity contribution in [1.82, 2.24) is 4.57 Å². The summed E-state index contributed by atoms with van der Waals surface area (Å²) in [5, 5.41) is 19.4. The fourth-order valence-corrected chi connectivity index (χ4v) is 2.12. The summed E-state index contributed by atoms with van der Waals surface area (Å²) in [7, 11) is 0. The smallest absolute Gasteiger partial charge is 0.312 e. The first-order valence-corrected chi connectivity index (χ1v) is 5.59. The highest BCUT2D eigenvalue weighted by Gasteiger charge is 2.19. The number of hydrogen-bond donors (Lipinski definition) is 2. The summed E-state index contributed by atoms with van der Waals surface area (Å²) in [4.78, 5) is 11.0. The molecular weight excluding hydrogens is 218 g/mol. The minimum atomic E-state index is -0.841. The molecule has 0 radical (unpaired) electrons. The Bertz CT molecular complexity index is 571. The third kappa shape index (κ3) is 1.86. The van der Waals surface area contributed by atoms with Gasteiger partial charge < -0.3 is 14.8 Å². The standard InChI is InChI=1S/C13H15NO3/c1-3-14-11-5-4-10(15)6-9(11)7-12(14)8(2)13(16)17/h4-8,15H,3H2,1-2H3,(H,16,17). The summed E-state index contributed by atoms with van der Waals surface area (Å²) >= 11 is 0. The highest BCUT2D eigenvalue weighted by atomic mass is 16.4. The van der Waals surface area contributed by atoms with E-state index >= 15 is 0 Å². The van der Waals surface area contributed by atoms with Crippen LogP contribution >= 0.6 is 0 Å². The molecule has 1 heterocycles. The average Bonchev–Trinajstić information content (AvgIpc) is 2.64. The van der Waals surface area contributed by atoms with Crippen LogP contribution in [0.15, 0.2) is 24.3 Å². The highest BCUT2D eigenvalue weighted by molar-refractivity contribution is 5.85. The van der Waals surface area contributed by atoms with Crippen molar-refractivity contribution in [2.24, 2.45) is 0 Å². The van der Waals surface area contributed by atoms with E-state index in [4.69, 9.17) is 5.11 Å². The Morgan fingerprint density at radius 3 is 2.71 bits per heavy atom. The molecule has 2 N–H and O–H groups in total. The van der Waals surface area contributed by atoms with E-state index in [2.05, 4.69) is 0 Å². The third-order valence-corrected chi connectivity index (χ3v) is 3.05. The van der Waals surface area contributed by atoms with E-state index < -0.39 is 11.9 Å². The third-order valence-electron chi connectivity index (χ3n) is 3.05. The summed E-state index contributed by atoms with van der Waals surface area (Å²) in [6, 6.07) is 6.91. The lowest BCUT2D eigenvalue weighted by Crippen LogP contribution is -2.12. The zero-order valence-electron chi connectivity index (χ0n) is 9.84. The summed E-state index contributed by atoms with van der Waals surface area (Å²) in [6.07, 6.45) is 0. The van der Waals surface area contributed by atoms with Gasteiger partial charge in [-0.2, -0.15) is 0 Å². The number of aliphatic carboxylic acids is 1. The van der Waals surface area contributed by atoms with E-state index in [0.29, 0.717) is 6.54 Å². The first kappa shape index (κ1) is 11.5. The van der Waals surface area contributed by atoms with Gasteiger partial charge in [0.2, 0.25) is 0 Å². The van der Waals surface area contributed by atoms with Crippen molar-refractivity contribution in [2.45, 2.75) is 26.3 Å². The zero-order valence-corrected chi connectivity index (χ0v) is 9.84. The largest absolute Gasteiger partial charge is 0.508 e. The second-order valence-electron chi connectivity index (χ2n) is 4.12. The number of carboxylic acid groups (broad SMARTS) is 1. The average molecular weight is 233 g/mol. The lowest BCUT2D eigenvalue weighted by Gasteiger charge is -2.11. The Morgan fingerprint density at radius 1 is 1.41 bits per heavy atom. The lowest BCUT2D eigenvalue weighted by molar-refractivity contribution is -0.138. The van der Waals surface area contributed by atoms with Gasteiger partial charge in [-0.25, -0.2) is 0 Å². The number of benzene rings is 1. The molecule has 1 aromatic heterocycles. The summed E-state index contributed by atoms with van der Waals surface area (Å²) in [5.74, 6) is -1.20. The second-order valence-corrected chi connectivity index (χ2v) is 4.12. The van der Waals surface area contributed by atoms with E-state index in [1.165, 1.54) is 0 Å². The predicted molar refractivity (Wildman–Crippen MR) is 65.3 cm³/mol. The molecule has 0 aliphatic rings. The summed E-state index contributed by atoms with van der Waals surface area (Å²) < 4.78 is 1.97. The zero-order chi connectivity index (χ0) is 12.6. The molecule has 4 nitrogen and oxygen atoms in total. The van der Waals surface area contributed by atoms with Crippen molar-refractivity contribution < 1.29 is 15.0 Å². The van der Waals surface area contributed by atoms with Crippen LogP contribution in [0.5, 0.6) is 5.75 Å². The number of phenols is 1. The maximum absolute atomic E-state index is 11.0. The van der Waals surface area contributed by atoms with Crippen LogP contribution in [-0.4, -0.2) is 20.7 Å². The van der Waals surface area contributed by atoms with E-state index in [-0.39, 0.29) is 5.75 Å². The van der Waals surface area contributed by atoms with Gasteiger partial charge in [0.05, 0.1) is 5.92 Å². The molecule has 0 fully saturated rings. The number of carboxylic acids is 1. The highest BCUT2D eigenvalue weighted by Crippen LogP contribution is 2.28. The van der Waals surface area contributed by atoms with Crippen molar-refractivity contribution in [3.63, 3.8) is 0 Å². The van der Waals surface area contributed by atoms with Gasteiger partial charge in [-0.1, -0.05) is 0 Å². The van der Waals surface area contributed by atoms with Crippen LogP contribution in [0.3, 0.4) is 0 Å². The maximum Gasteiger partial charge on any atom is 0.312 e. The van der Waals surface area contributed by atoms with Crippen LogP contribution in [0.4, 0.5) is 0 Å². The van der Waals surface area contributed by atoms with Gasteiger partial charge >= 0.3 is 5.97 Å². The molecule has 1 unspecified atom stereocenters. The van der Waals surface area contributed by atoms with Gasteiger partial charge in [-0.3, -0.25) is 4.79 Å². The number of phenolic OH excluding ortho intramolecular Hbond substituents is 1. The van der Waals surface area contributed by atoms with Crippen LogP contribution in [0.25, 0.3) is 10.9 Å². The monoisotopic (exact) mass is 233 g/mol. The van der Waals surface area contributed by atoms with Crippen molar-refractivity contribution in [3.8, 4) is 5.75 Å². The Labute approximate surface area is 99.1 Å². The molecule has 0 saturated heterocycles. The van der Waals surface area contributed by atoms with Gasteiger partial charge in [0.25, 0.3) is 0 Å². The van der Waals surface area contributed by atoms with E-state index in [0.717, 1.165) is 16.6 Å². The van der Waals surface area contributed by atoms with Gasteiger partial charge in [0, 0.05) is 23.1 Å². The summed E-state index contributed by atoms with van der Waals surface area (Å²) in [6.45, 7) is 4.36. The quantitative estimate of drug-likeness (QED) is 0.856. The Kier molecular flexibility index (Phi) is 2.79. The Hall–Kier alpha value is -1.97. The van der Waals surface area contributed by atoms with Gasteiger partial charge in [0.1, 0.15) is 5.75 Å². The van der Waals surface area contributed by atoms with Crippen molar-refractivity contribution >= 4 is 16.9 Å². The minimum absolute atomic E-state index is 0.195. The number of nitrogens with zero attached hydrogens (tertiary/aromatic N) is 1. The molecular formula is C13H15NO3. The molecule has 0 saturated carbocycles. The number of carbonyl (C=O) groups is 1. The first-order valence-electron chi connectivity index (χ1n) is 5.59. The molecule has 0 aliphatic carbocycles. The topological polar surface area (TPSA) is 62.5 Å². The summed E-state index contributed by atoms with van der Waals surface area (Å²) in [5.41, 5.74) is 1.72. The molecule has 0 bridgehead atoms. The van der Waals surface area contributed by atoms with Crippen LogP contribution in [0.1, 0.15) is 25.5 Å². The van der Waals surface area contributed by atoms with Gasteiger partial charge in [-0.05, 0) is 38.1 Å². The number of aromatic nitrogens is 1. The Balaban J connectivity index is 2.67. The lowest BCUT2D eigenvalue weighted by atomic mass is 10.1. The van der Waals surface area contributed by atoms with Gasteiger partial charge in [0.15, 0.2) is 0 Å². The number of aromatic hydroxyl groups is 1. The number of rotatable bonds is 3. The number of hydrogen-bond acceptors (Lipinski definition) is 2. The van der Waals surface area contributed by atoms with Crippen LogP contribution < -0.4 is 0 Å². The minimum Gasteiger partial charge on any atom is -0.508 e. The first-order chi connectivity index (χ1) is 8.04. The SMILES string of the molecule is CCn1c(C(C)C(=O)O)cc2cc(O)ccc21. The van der Waals surface area contributed by atoms with Crippen LogP contribution in [-0.2, 0) is 11.3 Å². The van der Waals surface area contributed by atoms with Gasteiger partial charge in [-0.15, -0.1) is 0 Å². The maximum atomic E-state index is 11.0. The molecule has 1 atom stereocenters. The van der Waals surface area contributed by atoms with E-state index in [9.17, 15) is 9.90 Å². The molecule has 2 aromatic rings. The molecule has 0 amide bonds. The van der Waals surface area contributed by atoms with Crippen molar-refractivity contribution in [3.05, 3.63) is 30.0 Å². The van der Waals surface area contributed by atoms with Crippen LogP contribution in [0.2, 0.25) is 0 Å². The van der Waals surface area contributed by atoms with Crippen molar-refractivity contribution in [1.29, 1.82) is 0 Å². The number of fused-ring (bicyclic) bond motifs is 1.